The first-order valence-corrected chi connectivity index (χ1v) is 8.33. The maximum absolute atomic E-state index is 7.46. The number of aromatic nitrogens is 1. The number of hydrogen-bond acceptors (Lipinski definition) is 2. The molecule has 2 rings (SSSR count). The van der Waals surface area contributed by atoms with Gasteiger partial charge in [0.25, 0.3) is 0 Å². The van der Waals surface area contributed by atoms with Gasteiger partial charge in [0, 0.05) is 11.6 Å². The van der Waals surface area contributed by atoms with E-state index >= 15 is 0 Å². The minimum Gasteiger partial charge on any atom is -0.463 e. The van der Waals surface area contributed by atoms with E-state index in [9.17, 15) is 0 Å². The van der Waals surface area contributed by atoms with Gasteiger partial charge in [-0.3, -0.25) is 0 Å². The van der Waals surface area contributed by atoms with Crippen LogP contribution >= 0.6 is 11.6 Å². The summed E-state index contributed by atoms with van der Waals surface area (Å²) >= 11 is 5.92. The Kier molecular flexibility index (Phi) is 1.88. The van der Waals surface area contributed by atoms with Gasteiger partial charge in [0.05, 0.1) is 6.75 Å². The van der Waals surface area contributed by atoms with Gasteiger partial charge in [-0.15, -0.1) is 0 Å². The molecule has 2 aromatic rings. The first kappa shape index (κ1) is 8.50. The highest BCUT2D eigenvalue weighted by molar-refractivity contribution is 6.87. The largest absolute Gasteiger partial charge is 0.463 e. The molecule has 0 unspecified atom stereocenters. The van der Waals surface area contributed by atoms with Crippen LogP contribution in [0.15, 0.2) is 22.7 Å². The Morgan fingerprint density at radius 2 is 2.21 bits per heavy atom. The van der Waals surface area contributed by atoms with E-state index < -0.39 is 8.07 Å². The lowest BCUT2D eigenvalue weighted by Gasteiger charge is -2.10. The number of rotatable bonds is 1. The number of fused-ring (bicyclic) bond motifs is 1. The molecule has 4 heteroatoms. The van der Waals surface area contributed by atoms with Crippen molar-refractivity contribution in [1.82, 2.24) is 4.98 Å². The molecule has 0 aromatic carbocycles. The molecule has 0 saturated heterocycles. The van der Waals surface area contributed by atoms with E-state index in [4.69, 9.17) is 17.4 Å². The zero-order valence-electron chi connectivity index (χ0n) is 9.39. The first-order chi connectivity index (χ1) is 6.88. The van der Waals surface area contributed by atoms with Crippen LogP contribution in [0.1, 0.15) is 1.37 Å². The summed E-state index contributed by atoms with van der Waals surface area (Å²) in [6.45, 7) is 6.61. The van der Waals surface area contributed by atoms with E-state index in [1.807, 2.05) is 6.07 Å². The quantitative estimate of drug-likeness (QED) is 0.552. The number of halogens is 1. The maximum atomic E-state index is 7.46. The molecule has 0 N–H and O–H groups in total. The van der Waals surface area contributed by atoms with Crippen molar-refractivity contribution < 1.29 is 5.79 Å². The van der Waals surface area contributed by atoms with E-state index in [-0.39, 0.29) is 11.3 Å². The molecule has 0 fully saturated rings. The normalized spacial score (nSPS) is 13.3. The average Bonchev–Trinajstić information content (AvgIpc) is 2.46. The summed E-state index contributed by atoms with van der Waals surface area (Å²) < 4.78 is 13.2. The van der Waals surface area contributed by atoms with Gasteiger partial charge < -0.3 is 4.42 Å². The summed E-state index contributed by atoms with van der Waals surface area (Å²) in [6, 6.07) is 3.65. The molecule has 0 spiro atoms. The fourth-order valence-corrected chi connectivity index (χ4v) is 2.45. The SMILES string of the molecule is [2H]c1cc2cc([Si](C)(C)C)oc2c(Cl)n1. The number of hydrogen-bond donors (Lipinski definition) is 0. The summed E-state index contributed by atoms with van der Waals surface area (Å²) in [5.74, 6) is 0. The molecular weight excluding hydrogens is 214 g/mol. The molecular formula is C10H12ClNOSi. The summed E-state index contributed by atoms with van der Waals surface area (Å²) in [4.78, 5) is 3.85. The highest BCUT2D eigenvalue weighted by Gasteiger charge is 2.22. The van der Waals surface area contributed by atoms with E-state index in [0.717, 1.165) is 10.8 Å². The summed E-state index contributed by atoms with van der Waals surface area (Å²) in [5.41, 5.74) is 0.602. The van der Waals surface area contributed by atoms with Crippen molar-refractivity contribution in [3.63, 3.8) is 0 Å². The second-order valence-electron chi connectivity index (χ2n) is 4.32. The van der Waals surface area contributed by atoms with Gasteiger partial charge >= 0.3 is 0 Å². The lowest BCUT2D eigenvalue weighted by atomic mass is 10.3. The Bertz CT molecular complexity index is 518. The fourth-order valence-electron chi connectivity index (χ4n) is 1.25. The molecule has 0 saturated carbocycles. The van der Waals surface area contributed by atoms with Crippen LogP contribution in [-0.4, -0.2) is 13.1 Å². The third-order valence-electron chi connectivity index (χ3n) is 2.07. The molecule has 0 radical (unpaired) electrons. The summed E-state index contributed by atoms with van der Waals surface area (Å²) in [6.07, 6.45) is 0.176. The van der Waals surface area contributed by atoms with Crippen LogP contribution < -0.4 is 5.38 Å². The van der Waals surface area contributed by atoms with E-state index in [0.29, 0.717) is 5.58 Å². The molecule has 2 aromatic heterocycles. The van der Waals surface area contributed by atoms with Crippen molar-refractivity contribution in [2.45, 2.75) is 19.6 Å². The van der Waals surface area contributed by atoms with Crippen LogP contribution in [0.4, 0.5) is 0 Å². The summed E-state index contributed by atoms with van der Waals surface area (Å²) in [7, 11) is -1.47. The van der Waals surface area contributed by atoms with Crippen LogP contribution in [0.25, 0.3) is 11.0 Å². The van der Waals surface area contributed by atoms with Crippen LogP contribution in [0.5, 0.6) is 0 Å². The lowest BCUT2D eigenvalue weighted by molar-refractivity contribution is 0.646. The number of nitrogens with zero attached hydrogens (tertiary/aromatic N) is 1. The van der Waals surface area contributed by atoms with Gasteiger partial charge in [0.15, 0.2) is 10.7 Å². The van der Waals surface area contributed by atoms with Crippen LogP contribution in [-0.2, 0) is 0 Å². The molecule has 0 aliphatic rings. The predicted octanol–water partition coefficient (Wildman–Crippen LogP) is 3.03. The van der Waals surface area contributed by atoms with Gasteiger partial charge in [0.1, 0.15) is 8.07 Å². The fraction of sp³-hybridized carbons (Fsp3) is 0.300. The Balaban J connectivity index is 2.71. The van der Waals surface area contributed by atoms with Gasteiger partial charge in [-0.05, 0) is 12.1 Å². The Hall–Kier alpha value is -0.803. The van der Waals surface area contributed by atoms with E-state index in [1.54, 1.807) is 6.07 Å². The second-order valence-corrected chi connectivity index (χ2v) is 9.67. The third-order valence-corrected chi connectivity index (χ3v) is 4.05. The molecule has 2 heterocycles. The van der Waals surface area contributed by atoms with Crippen molar-refractivity contribution in [2.24, 2.45) is 0 Å². The molecule has 0 bridgehead atoms. The van der Waals surface area contributed by atoms with Crippen molar-refractivity contribution in [1.29, 1.82) is 0 Å². The maximum Gasteiger partial charge on any atom is 0.172 e. The molecule has 0 aliphatic heterocycles. The molecule has 0 amide bonds. The Morgan fingerprint density at radius 1 is 1.50 bits per heavy atom. The first-order valence-electron chi connectivity index (χ1n) is 4.95. The molecule has 74 valence electrons. The van der Waals surface area contributed by atoms with Crippen LogP contribution in [0.3, 0.4) is 0 Å². The molecule has 14 heavy (non-hydrogen) atoms. The minimum atomic E-state index is -1.47. The zero-order valence-corrected chi connectivity index (χ0v) is 10.1. The highest BCUT2D eigenvalue weighted by Crippen LogP contribution is 2.22. The van der Waals surface area contributed by atoms with Gasteiger partial charge in [-0.25, -0.2) is 4.98 Å². The van der Waals surface area contributed by atoms with Crippen LogP contribution in [0.2, 0.25) is 24.8 Å². The third kappa shape index (κ3) is 1.57. The van der Waals surface area contributed by atoms with E-state index in [2.05, 4.69) is 24.6 Å². The topological polar surface area (TPSA) is 26.0 Å². The Labute approximate surface area is 90.3 Å². The summed E-state index contributed by atoms with van der Waals surface area (Å²) in [5, 5.41) is 2.14. The van der Waals surface area contributed by atoms with E-state index in [1.165, 1.54) is 0 Å². The molecule has 0 atom stereocenters. The van der Waals surface area contributed by atoms with Crippen molar-refractivity contribution >= 4 is 36.0 Å². The lowest BCUT2D eigenvalue weighted by Crippen LogP contribution is -2.36. The van der Waals surface area contributed by atoms with Crippen molar-refractivity contribution in [3.05, 3.63) is 23.5 Å². The van der Waals surface area contributed by atoms with Crippen LogP contribution in [0, 0.1) is 0 Å². The zero-order chi connectivity index (χ0) is 11.2. The number of furan rings is 1. The van der Waals surface area contributed by atoms with Crippen molar-refractivity contribution in [3.8, 4) is 0 Å². The minimum absolute atomic E-state index is 0.176. The van der Waals surface area contributed by atoms with Gasteiger partial charge in [-0.2, -0.15) is 0 Å². The van der Waals surface area contributed by atoms with Gasteiger partial charge in [0.2, 0.25) is 0 Å². The van der Waals surface area contributed by atoms with Crippen molar-refractivity contribution in [2.75, 3.05) is 0 Å². The highest BCUT2D eigenvalue weighted by atomic mass is 35.5. The Morgan fingerprint density at radius 3 is 2.86 bits per heavy atom. The average molecular weight is 227 g/mol. The number of pyridine rings is 1. The standard InChI is InChI=1S/C10H12ClNOSi/c1-14(2,3)8-6-7-4-5-12-10(11)9(7)13-8/h4-6H,1-3H3/i5D. The second kappa shape index (κ2) is 3.10. The monoisotopic (exact) mass is 226 g/mol. The molecule has 2 nitrogen and oxygen atoms in total. The van der Waals surface area contributed by atoms with Gasteiger partial charge in [-0.1, -0.05) is 31.2 Å². The molecule has 0 aliphatic carbocycles. The smallest absolute Gasteiger partial charge is 0.172 e. The predicted molar refractivity (Wildman–Crippen MR) is 62.0 cm³/mol.